The molecule has 10 aromatic rings. The molecule has 0 N–H and O–H groups in total. The number of benzene rings is 9. The molecule has 1 aromatic heterocycles. The summed E-state index contributed by atoms with van der Waals surface area (Å²) in [5.41, 5.74) is 16.8. The highest BCUT2D eigenvalue weighted by Gasteiger charge is 2.20. The molecule has 0 saturated heterocycles. The minimum Gasteiger partial charge on any atom is -0.456 e. The minimum atomic E-state index is 0.862. The van der Waals surface area contributed by atoms with Crippen LogP contribution >= 0.6 is 0 Å². The SMILES string of the molecule is c1ccc(-c2ccc(-c3ccccc3N(c3ccc(-c4ccccc4-c4cc5ccccc5o4)cc3)c3cc(-c4ccccc4)cc(-c4ccccc4)c3)cc2)cc1. The van der Waals surface area contributed by atoms with E-state index in [9.17, 15) is 0 Å². The third-order valence-electron chi connectivity index (χ3n) is 10.9. The van der Waals surface area contributed by atoms with Gasteiger partial charge in [-0.2, -0.15) is 0 Å². The van der Waals surface area contributed by atoms with Crippen LogP contribution in [0.25, 0.3) is 77.9 Å². The van der Waals surface area contributed by atoms with Gasteiger partial charge in [0.2, 0.25) is 0 Å². The zero-order valence-corrected chi connectivity index (χ0v) is 31.9. The molecule has 2 heteroatoms. The number of hydrogen-bond donors (Lipinski definition) is 0. The van der Waals surface area contributed by atoms with Crippen LogP contribution in [0.15, 0.2) is 241 Å². The lowest BCUT2D eigenvalue weighted by Crippen LogP contribution is -2.11. The van der Waals surface area contributed by atoms with E-state index in [1.807, 2.05) is 18.2 Å². The molecule has 58 heavy (non-hydrogen) atoms. The van der Waals surface area contributed by atoms with Crippen molar-refractivity contribution >= 4 is 28.0 Å². The van der Waals surface area contributed by atoms with Gasteiger partial charge in [-0.1, -0.05) is 188 Å². The van der Waals surface area contributed by atoms with Gasteiger partial charge < -0.3 is 9.32 Å². The summed E-state index contributed by atoms with van der Waals surface area (Å²) < 4.78 is 6.37. The molecule has 0 atom stereocenters. The van der Waals surface area contributed by atoms with Crippen molar-refractivity contribution in [1.82, 2.24) is 0 Å². The molecule has 0 aliphatic carbocycles. The van der Waals surface area contributed by atoms with Crippen LogP contribution in [-0.2, 0) is 0 Å². The Morgan fingerprint density at radius 1 is 0.276 bits per heavy atom. The zero-order chi connectivity index (χ0) is 38.7. The molecule has 0 spiro atoms. The molecule has 0 unspecified atom stereocenters. The fourth-order valence-electron chi connectivity index (χ4n) is 8.00. The maximum absolute atomic E-state index is 6.37. The third kappa shape index (κ3) is 6.89. The van der Waals surface area contributed by atoms with Gasteiger partial charge in [-0.25, -0.2) is 0 Å². The summed E-state index contributed by atoms with van der Waals surface area (Å²) >= 11 is 0. The predicted molar refractivity (Wildman–Crippen MR) is 244 cm³/mol. The topological polar surface area (TPSA) is 16.4 Å². The number of hydrogen-bond acceptors (Lipinski definition) is 2. The van der Waals surface area contributed by atoms with E-state index >= 15 is 0 Å². The van der Waals surface area contributed by atoms with Crippen LogP contribution in [0.2, 0.25) is 0 Å². The maximum Gasteiger partial charge on any atom is 0.136 e. The van der Waals surface area contributed by atoms with Gasteiger partial charge in [-0.15, -0.1) is 0 Å². The molecular weight excluding hydrogens is 703 g/mol. The van der Waals surface area contributed by atoms with Crippen molar-refractivity contribution in [2.75, 3.05) is 4.90 Å². The van der Waals surface area contributed by atoms with Gasteiger partial charge in [0.15, 0.2) is 0 Å². The lowest BCUT2D eigenvalue weighted by molar-refractivity contribution is 0.632. The molecule has 0 aliphatic heterocycles. The van der Waals surface area contributed by atoms with Gasteiger partial charge in [0, 0.05) is 27.9 Å². The Balaban J connectivity index is 1.13. The van der Waals surface area contributed by atoms with Gasteiger partial charge in [-0.05, 0) is 98.6 Å². The molecule has 0 radical (unpaired) electrons. The van der Waals surface area contributed by atoms with E-state index in [0.717, 1.165) is 72.7 Å². The summed E-state index contributed by atoms with van der Waals surface area (Å²) in [6.07, 6.45) is 0. The van der Waals surface area contributed by atoms with Crippen molar-refractivity contribution in [2.45, 2.75) is 0 Å². The van der Waals surface area contributed by atoms with Crippen LogP contribution in [0.3, 0.4) is 0 Å². The van der Waals surface area contributed by atoms with E-state index in [0.29, 0.717) is 0 Å². The smallest absolute Gasteiger partial charge is 0.136 e. The van der Waals surface area contributed by atoms with E-state index in [2.05, 4.69) is 223 Å². The van der Waals surface area contributed by atoms with E-state index < -0.39 is 0 Å². The number of fused-ring (bicyclic) bond motifs is 1. The van der Waals surface area contributed by atoms with Crippen molar-refractivity contribution in [2.24, 2.45) is 0 Å². The second-order valence-electron chi connectivity index (χ2n) is 14.5. The highest BCUT2D eigenvalue weighted by Crippen LogP contribution is 2.45. The molecule has 10 rings (SSSR count). The first-order valence-electron chi connectivity index (χ1n) is 19.7. The minimum absolute atomic E-state index is 0.862. The fraction of sp³-hybridized carbons (Fsp3) is 0. The van der Waals surface area contributed by atoms with Gasteiger partial charge in [0.1, 0.15) is 11.3 Å². The molecule has 0 fully saturated rings. The fourth-order valence-corrected chi connectivity index (χ4v) is 8.00. The van der Waals surface area contributed by atoms with Crippen LogP contribution in [0, 0.1) is 0 Å². The molecule has 0 saturated carbocycles. The van der Waals surface area contributed by atoms with Gasteiger partial charge in [0.25, 0.3) is 0 Å². The largest absolute Gasteiger partial charge is 0.456 e. The van der Waals surface area contributed by atoms with Crippen LogP contribution in [-0.4, -0.2) is 0 Å². The second kappa shape index (κ2) is 15.5. The number of nitrogens with zero attached hydrogens (tertiary/aromatic N) is 1. The molecule has 274 valence electrons. The molecule has 1 heterocycles. The monoisotopic (exact) mass is 741 g/mol. The summed E-state index contributed by atoms with van der Waals surface area (Å²) in [6, 6.07) is 84.3. The lowest BCUT2D eigenvalue weighted by atomic mass is 9.95. The Bertz CT molecular complexity index is 2880. The first-order valence-corrected chi connectivity index (χ1v) is 19.7. The molecular formula is C56H39NO. The highest BCUT2D eigenvalue weighted by molar-refractivity contribution is 5.93. The average Bonchev–Trinajstić information content (AvgIpc) is 3.75. The highest BCUT2D eigenvalue weighted by atomic mass is 16.3. The Morgan fingerprint density at radius 2 is 0.724 bits per heavy atom. The summed E-state index contributed by atoms with van der Waals surface area (Å²) in [7, 11) is 0. The lowest BCUT2D eigenvalue weighted by Gasteiger charge is -2.29. The van der Waals surface area contributed by atoms with Gasteiger partial charge in [0.05, 0.1) is 5.69 Å². The Labute approximate surface area is 339 Å². The van der Waals surface area contributed by atoms with E-state index in [1.165, 1.54) is 22.3 Å². The van der Waals surface area contributed by atoms with E-state index in [1.54, 1.807) is 0 Å². The van der Waals surface area contributed by atoms with Crippen LogP contribution in [0.4, 0.5) is 17.1 Å². The summed E-state index contributed by atoms with van der Waals surface area (Å²) in [5, 5.41) is 1.10. The third-order valence-corrected chi connectivity index (χ3v) is 10.9. The Morgan fingerprint density at radius 3 is 1.34 bits per heavy atom. The first-order chi connectivity index (χ1) is 28.7. The molecule has 0 bridgehead atoms. The zero-order valence-electron chi connectivity index (χ0n) is 31.9. The van der Waals surface area contributed by atoms with Crippen molar-refractivity contribution in [3.05, 3.63) is 237 Å². The molecule has 2 nitrogen and oxygen atoms in total. The van der Waals surface area contributed by atoms with E-state index in [-0.39, 0.29) is 0 Å². The number of furan rings is 1. The first kappa shape index (κ1) is 34.8. The Kier molecular flexibility index (Phi) is 9.27. The van der Waals surface area contributed by atoms with Crippen molar-refractivity contribution < 1.29 is 4.42 Å². The number of anilines is 3. The quantitative estimate of drug-likeness (QED) is 0.146. The van der Waals surface area contributed by atoms with Crippen molar-refractivity contribution in [3.8, 4) is 67.0 Å². The van der Waals surface area contributed by atoms with Gasteiger partial charge >= 0.3 is 0 Å². The van der Waals surface area contributed by atoms with Crippen LogP contribution in [0.1, 0.15) is 0 Å². The number of para-hydroxylation sites is 2. The van der Waals surface area contributed by atoms with Crippen LogP contribution in [0.5, 0.6) is 0 Å². The van der Waals surface area contributed by atoms with Crippen molar-refractivity contribution in [3.63, 3.8) is 0 Å². The predicted octanol–water partition coefficient (Wildman–Crippen LogP) is 15.9. The van der Waals surface area contributed by atoms with Crippen LogP contribution < -0.4 is 4.90 Å². The second-order valence-corrected chi connectivity index (χ2v) is 14.5. The summed E-state index contributed by atoms with van der Waals surface area (Å²) in [6.45, 7) is 0. The standard InChI is InChI=1S/C56H39NO/c1-4-16-40(17-5-1)43-28-30-45(31-29-43)52-24-13-14-26-54(52)57(50-37-47(41-18-6-2-7-19-41)36-48(38-50)42-20-8-3-9-21-42)49-34-32-44(33-35-49)51-23-11-12-25-53(51)56-39-46-22-10-15-27-55(46)58-56/h1-39H. The molecule has 0 aliphatic rings. The van der Waals surface area contributed by atoms with Crippen molar-refractivity contribution in [1.29, 1.82) is 0 Å². The summed E-state index contributed by atoms with van der Waals surface area (Å²) in [5.74, 6) is 0.862. The maximum atomic E-state index is 6.37. The summed E-state index contributed by atoms with van der Waals surface area (Å²) in [4.78, 5) is 2.41. The van der Waals surface area contributed by atoms with Gasteiger partial charge in [-0.3, -0.25) is 0 Å². The normalized spacial score (nSPS) is 11.1. The Hall–Kier alpha value is -7.68. The van der Waals surface area contributed by atoms with E-state index in [4.69, 9.17) is 4.42 Å². The number of rotatable bonds is 9. The average molecular weight is 742 g/mol. The molecule has 9 aromatic carbocycles. The molecule has 0 amide bonds.